The summed E-state index contributed by atoms with van der Waals surface area (Å²) >= 11 is 0. The van der Waals surface area contributed by atoms with Gasteiger partial charge in [-0.05, 0) is 18.9 Å². The van der Waals surface area contributed by atoms with Gasteiger partial charge in [0.2, 0.25) is 0 Å². The summed E-state index contributed by atoms with van der Waals surface area (Å²) in [7, 11) is 0. The highest BCUT2D eigenvalue weighted by molar-refractivity contribution is 5.74. The fourth-order valence-corrected chi connectivity index (χ4v) is 1.88. The molecular weight excluding hydrogens is 192 g/mol. The first-order valence-corrected chi connectivity index (χ1v) is 5.40. The molecule has 1 heterocycles. The van der Waals surface area contributed by atoms with E-state index in [0.717, 1.165) is 18.4 Å². The van der Waals surface area contributed by atoms with Crippen molar-refractivity contribution in [1.82, 2.24) is 10.6 Å². The van der Waals surface area contributed by atoms with Crippen LogP contribution in [0.5, 0.6) is 0 Å². The predicted molar refractivity (Wildman–Crippen MR) is 56.3 cm³/mol. The lowest BCUT2D eigenvalue weighted by molar-refractivity contribution is 0.236. The largest absolute Gasteiger partial charge is 0.472 e. The molecule has 0 unspecified atom stereocenters. The van der Waals surface area contributed by atoms with Crippen molar-refractivity contribution in [3.8, 4) is 0 Å². The summed E-state index contributed by atoms with van der Waals surface area (Å²) in [5.41, 5.74) is 0.983. The van der Waals surface area contributed by atoms with Crippen LogP contribution in [-0.2, 0) is 6.54 Å². The molecule has 0 atom stereocenters. The summed E-state index contributed by atoms with van der Waals surface area (Å²) < 4.78 is 4.91. The molecule has 1 aliphatic carbocycles. The molecule has 82 valence electrons. The number of carbonyl (C=O) groups is 1. The monoisotopic (exact) mass is 208 g/mol. The van der Waals surface area contributed by atoms with Crippen LogP contribution in [0.4, 0.5) is 4.79 Å². The molecule has 4 nitrogen and oxygen atoms in total. The van der Waals surface area contributed by atoms with Gasteiger partial charge in [-0.1, -0.05) is 12.8 Å². The maximum Gasteiger partial charge on any atom is 0.315 e. The Labute approximate surface area is 89.0 Å². The van der Waals surface area contributed by atoms with Crippen molar-refractivity contribution >= 4 is 6.03 Å². The van der Waals surface area contributed by atoms with Crippen LogP contribution in [0, 0.1) is 0 Å². The Kier molecular flexibility index (Phi) is 3.27. The van der Waals surface area contributed by atoms with Crippen LogP contribution >= 0.6 is 0 Å². The molecule has 0 aromatic carbocycles. The van der Waals surface area contributed by atoms with E-state index < -0.39 is 0 Å². The molecule has 0 radical (unpaired) electrons. The van der Waals surface area contributed by atoms with Crippen LogP contribution < -0.4 is 10.6 Å². The Morgan fingerprint density at radius 3 is 2.93 bits per heavy atom. The average Bonchev–Trinajstić information content (AvgIpc) is 2.86. The molecule has 0 saturated heterocycles. The van der Waals surface area contributed by atoms with Gasteiger partial charge in [0.05, 0.1) is 12.5 Å². The number of furan rings is 1. The van der Waals surface area contributed by atoms with Gasteiger partial charge in [0.15, 0.2) is 0 Å². The van der Waals surface area contributed by atoms with Gasteiger partial charge in [-0.25, -0.2) is 4.79 Å². The Morgan fingerprint density at radius 2 is 2.27 bits per heavy atom. The molecule has 1 aromatic heterocycles. The summed E-state index contributed by atoms with van der Waals surface area (Å²) in [5, 5.41) is 5.76. The third-order valence-corrected chi connectivity index (χ3v) is 2.72. The van der Waals surface area contributed by atoms with E-state index in [9.17, 15) is 4.79 Å². The Hall–Kier alpha value is -1.45. The third-order valence-electron chi connectivity index (χ3n) is 2.72. The summed E-state index contributed by atoms with van der Waals surface area (Å²) in [4.78, 5) is 11.4. The smallest absolute Gasteiger partial charge is 0.315 e. The zero-order chi connectivity index (χ0) is 10.5. The number of carbonyl (C=O) groups excluding carboxylic acids is 1. The van der Waals surface area contributed by atoms with Crippen LogP contribution in [0.25, 0.3) is 0 Å². The Bertz CT molecular complexity index is 302. The van der Waals surface area contributed by atoms with Gasteiger partial charge in [0, 0.05) is 18.2 Å². The summed E-state index contributed by atoms with van der Waals surface area (Å²) in [6.07, 6.45) is 7.92. The maximum absolute atomic E-state index is 11.4. The topological polar surface area (TPSA) is 54.3 Å². The highest BCUT2D eigenvalue weighted by atomic mass is 16.3. The third kappa shape index (κ3) is 3.01. The number of rotatable bonds is 3. The molecule has 2 amide bonds. The number of amides is 2. The van der Waals surface area contributed by atoms with Gasteiger partial charge in [-0.3, -0.25) is 0 Å². The molecule has 0 spiro atoms. The van der Waals surface area contributed by atoms with Crippen LogP contribution in [-0.4, -0.2) is 12.1 Å². The van der Waals surface area contributed by atoms with Gasteiger partial charge in [0.1, 0.15) is 0 Å². The van der Waals surface area contributed by atoms with Gasteiger partial charge in [0.25, 0.3) is 0 Å². The van der Waals surface area contributed by atoms with Crippen LogP contribution in [0.1, 0.15) is 31.2 Å². The minimum absolute atomic E-state index is 0.0805. The fourth-order valence-electron chi connectivity index (χ4n) is 1.88. The van der Waals surface area contributed by atoms with E-state index in [4.69, 9.17) is 4.42 Å². The van der Waals surface area contributed by atoms with Crippen molar-refractivity contribution in [2.24, 2.45) is 0 Å². The highest BCUT2D eigenvalue weighted by Crippen LogP contribution is 2.17. The first-order valence-electron chi connectivity index (χ1n) is 5.40. The van der Waals surface area contributed by atoms with Crippen molar-refractivity contribution in [1.29, 1.82) is 0 Å². The Morgan fingerprint density at radius 1 is 1.47 bits per heavy atom. The SMILES string of the molecule is O=C(NCc1ccoc1)NC1CCCC1. The van der Waals surface area contributed by atoms with Crippen molar-refractivity contribution < 1.29 is 9.21 Å². The zero-order valence-electron chi connectivity index (χ0n) is 8.66. The van der Waals surface area contributed by atoms with Crippen molar-refractivity contribution in [3.05, 3.63) is 24.2 Å². The summed E-state index contributed by atoms with van der Waals surface area (Å²) in [6, 6.07) is 2.13. The molecule has 0 aliphatic heterocycles. The number of urea groups is 1. The van der Waals surface area contributed by atoms with Gasteiger partial charge in [-0.2, -0.15) is 0 Å². The summed E-state index contributed by atoms with van der Waals surface area (Å²) in [6.45, 7) is 0.523. The standard InChI is InChI=1S/C11H16N2O2/c14-11(13-10-3-1-2-4-10)12-7-9-5-6-15-8-9/h5-6,8,10H,1-4,7H2,(H2,12,13,14). The quantitative estimate of drug-likeness (QED) is 0.798. The van der Waals surface area contributed by atoms with Gasteiger partial charge in [-0.15, -0.1) is 0 Å². The molecule has 1 aromatic rings. The minimum atomic E-state index is -0.0805. The lowest BCUT2D eigenvalue weighted by atomic mass is 10.2. The van der Waals surface area contributed by atoms with Crippen molar-refractivity contribution in [2.75, 3.05) is 0 Å². The van der Waals surface area contributed by atoms with E-state index in [1.54, 1.807) is 12.5 Å². The van der Waals surface area contributed by atoms with E-state index in [0.29, 0.717) is 12.6 Å². The number of nitrogens with one attached hydrogen (secondary N) is 2. The highest BCUT2D eigenvalue weighted by Gasteiger charge is 2.16. The normalized spacial score (nSPS) is 16.5. The van der Waals surface area contributed by atoms with Crippen LogP contribution in [0.3, 0.4) is 0 Å². The minimum Gasteiger partial charge on any atom is -0.472 e. The lowest BCUT2D eigenvalue weighted by Gasteiger charge is -2.12. The van der Waals surface area contributed by atoms with E-state index in [2.05, 4.69) is 10.6 Å². The molecular formula is C11H16N2O2. The van der Waals surface area contributed by atoms with Crippen LogP contribution in [0.2, 0.25) is 0 Å². The fraction of sp³-hybridized carbons (Fsp3) is 0.545. The molecule has 15 heavy (non-hydrogen) atoms. The molecule has 1 fully saturated rings. The van der Waals surface area contributed by atoms with Gasteiger partial charge < -0.3 is 15.1 Å². The number of hydrogen-bond donors (Lipinski definition) is 2. The van der Waals surface area contributed by atoms with Crippen molar-refractivity contribution in [3.63, 3.8) is 0 Å². The number of hydrogen-bond acceptors (Lipinski definition) is 2. The lowest BCUT2D eigenvalue weighted by Crippen LogP contribution is -2.40. The molecule has 2 rings (SSSR count). The van der Waals surface area contributed by atoms with Gasteiger partial charge >= 0.3 is 6.03 Å². The second-order valence-electron chi connectivity index (χ2n) is 3.94. The van der Waals surface area contributed by atoms with Crippen LogP contribution in [0.15, 0.2) is 23.0 Å². The van der Waals surface area contributed by atoms with E-state index in [-0.39, 0.29) is 6.03 Å². The molecule has 1 saturated carbocycles. The molecule has 2 N–H and O–H groups in total. The molecule has 1 aliphatic rings. The summed E-state index contributed by atoms with van der Waals surface area (Å²) in [5.74, 6) is 0. The van der Waals surface area contributed by atoms with E-state index >= 15 is 0 Å². The average molecular weight is 208 g/mol. The van der Waals surface area contributed by atoms with Crippen molar-refractivity contribution in [2.45, 2.75) is 38.3 Å². The predicted octanol–water partition coefficient (Wildman–Crippen LogP) is 2.02. The zero-order valence-corrected chi connectivity index (χ0v) is 8.66. The maximum atomic E-state index is 11.4. The first-order chi connectivity index (χ1) is 7.34. The molecule has 0 bridgehead atoms. The van der Waals surface area contributed by atoms with E-state index in [1.807, 2.05) is 6.07 Å². The Balaban J connectivity index is 1.68. The second-order valence-corrected chi connectivity index (χ2v) is 3.94. The second kappa shape index (κ2) is 4.87. The molecule has 4 heteroatoms. The van der Waals surface area contributed by atoms with E-state index in [1.165, 1.54) is 12.8 Å². The first kappa shape index (κ1) is 10.1.